The molecule has 1 N–H and O–H groups in total. The number of methoxy groups -OCH3 is 2. The molecule has 0 aliphatic rings. The second-order valence-corrected chi connectivity index (χ2v) is 5.65. The molecule has 0 atom stereocenters. The molecule has 1 heterocycles. The molecular weight excluding hydrogens is 376 g/mol. The highest BCUT2D eigenvalue weighted by atomic mass is 79.9. The third kappa shape index (κ3) is 2.70. The van der Waals surface area contributed by atoms with Gasteiger partial charge in [0.2, 0.25) is 0 Å². The van der Waals surface area contributed by atoms with Crippen LogP contribution < -0.4 is 10.1 Å². The van der Waals surface area contributed by atoms with Gasteiger partial charge in [-0.15, -0.1) is 0 Å². The minimum absolute atomic E-state index is 0.468. The van der Waals surface area contributed by atoms with E-state index in [1.807, 2.05) is 19.2 Å². The topological polar surface area (TPSA) is 43.4 Å². The van der Waals surface area contributed by atoms with E-state index in [-0.39, 0.29) is 0 Å². The predicted molar refractivity (Wildman–Crippen MR) is 84.0 cm³/mol. The standard InChI is InChI=1S/C13H14Br2N2O2/c1-16-10-4-7(6-18-2)17-12-8(14)5-9(15)13(19-3)11(10)12/h4-5H,6H2,1-3H3,(H,16,17). The van der Waals surface area contributed by atoms with Crippen LogP contribution in [0.25, 0.3) is 10.9 Å². The molecule has 0 spiro atoms. The summed E-state index contributed by atoms with van der Waals surface area (Å²) in [6, 6.07) is 3.90. The summed E-state index contributed by atoms with van der Waals surface area (Å²) in [6.45, 7) is 0.468. The summed E-state index contributed by atoms with van der Waals surface area (Å²) in [6.07, 6.45) is 0. The molecule has 0 saturated heterocycles. The van der Waals surface area contributed by atoms with Crippen molar-refractivity contribution in [1.29, 1.82) is 0 Å². The van der Waals surface area contributed by atoms with E-state index < -0.39 is 0 Å². The summed E-state index contributed by atoms with van der Waals surface area (Å²) in [7, 11) is 5.18. The lowest BCUT2D eigenvalue weighted by molar-refractivity contribution is 0.182. The van der Waals surface area contributed by atoms with E-state index in [1.165, 1.54) is 0 Å². The number of nitrogens with one attached hydrogen (secondary N) is 1. The van der Waals surface area contributed by atoms with E-state index in [1.54, 1.807) is 14.2 Å². The molecule has 1 aromatic heterocycles. The summed E-state index contributed by atoms with van der Waals surface area (Å²) < 4.78 is 12.4. The van der Waals surface area contributed by atoms with Gasteiger partial charge in [-0.05, 0) is 44.0 Å². The van der Waals surface area contributed by atoms with Gasteiger partial charge in [-0.3, -0.25) is 0 Å². The number of rotatable bonds is 4. The van der Waals surface area contributed by atoms with Crippen molar-refractivity contribution in [2.75, 3.05) is 26.6 Å². The van der Waals surface area contributed by atoms with Gasteiger partial charge in [0.05, 0.1) is 34.8 Å². The first-order valence-corrected chi connectivity index (χ1v) is 7.23. The Labute approximate surface area is 128 Å². The molecule has 2 rings (SSSR count). The number of ether oxygens (including phenoxy) is 2. The monoisotopic (exact) mass is 388 g/mol. The van der Waals surface area contributed by atoms with Crippen molar-refractivity contribution in [3.63, 3.8) is 0 Å². The molecule has 19 heavy (non-hydrogen) atoms. The summed E-state index contributed by atoms with van der Waals surface area (Å²) in [5, 5.41) is 4.12. The number of hydrogen-bond donors (Lipinski definition) is 1. The molecule has 4 nitrogen and oxygen atoms in total. The molecular formula is C13H14Br2N2O2. The lowest BCUT2D eigenvalue weighted by atomic mass is 10.1. The van der Waals surface area contributed by atoms with Gasteiger partial charge in [0, 0.05) is 24.3 Å². The van der Waals surface area contributed by atoms with Crippen molar-refractivity contribution < 1.29 is 9.47 Å². The quantitative estimate of drug-likeness (QED) is 0.859. The van der Waals surface area contributed by atoms with E-state index >= 15 is 0 Å². The first-order valence-electron chi connectivity index (χ1n) is 5.64. The average Bonchev–Trinajstić information content (AvgIpc) is 2.39. The first kappa shape index (κ1) is 14.6. The summed E-state index contributed by atoms with van der Waals surface area (Å²) in [5.74, 6) is 0.763. The SMILES string of the molecule is CNc1cc(COC)nc2c(Br)cc(Br)c(OC)c12. The van der Waals surface area contributed by atoms with Crippen LogP contribution in [0, 0.1) is 0 Å². The maximum absolute atomic E-state index is 5.48. The molecule has 0 bridgehead atoms. The number of fused-ring (bicyclic) bond motifs is 1. The minimum atomic E-state index is 0.468. The van der Waals surface area contributed by atoms with Crippen molar-refractivity contribution in [3.05, 3.63) is 26.8 Å². The van der Waals surface area contributed by atoms with Crippen LogP contribution in [0.1, 0.15) is 5.69 Å². The summed E-state index contributed by atoms with van der Waals surface area (Å²) in [5.41, 5.74) is 2.67. The number of pyridine rings is 1. The van der Waals surface area contributed by atoms with Crippen molar-refractivity contribution in [2.24, 2.45) is 0 Å². The zero-order chi connectivity index (χ0) is 14.0. The lowest BCUT2D eigenvalue weighted by Crippen LogP contribution is -2.00. The zero-order valence-corrected chi connectivity index (χ0v) is 14.1. The highest BCUT2D eigenvalue weighted by Gasteiger charge is 2.16. The number of hydrogen-bond acceptors (Lipinski definition) is 4. The van der Waals surface area contributed by atoms with E-state index in [4.69, 9.17) is 9.47 Å². The average molecular weight is 390 g/mol. The van der Waals surface area contributed by atoms with Gasteiger partial charge in [-0.2, -0.15) is 0 Å². The molecule has 2 aromatic rings. The highest BCUT2D eigenvalue weighted by Crippen LogP contribution is 2.41. The van der Waals surface area contributed by atoms with Crippen molar-refractivity contribution in [2.45, 2.75) is 6.61 Å². The van der Waals surface area contributed by atoms with Crippen molar-refractivity contribution in [3.8, 4) is 5.75 Å². The molecule has 0 aliphatic carbocycles. The number of nitrogens with zero attached hydrogens (tertiary/aromatic N) is 1. The normalized spacial score (nSPS) is 10.8. The number of benzene rings is 1. The highest BCUT2D eigenvalue weighted by molar-refractivity contribution is 9.11. The zero-order valence-electron chi connectivity index (χ0n) is 10.9. The maximum Gasteiger partial charge on any atom is 0.144 e. The van der Waals surface area contributed by atoms with Crippen LogP contribution in [0.3, 0.4) is 0 Å². The van der Waals surface area contributed by atoms with Crippen LogP contribution in [-0.4, -0.2) is 26.3 Å². The number of halogens is 2. The Morgan fingerprint density at radius 3 is 2.53 bits per heavy atom. The van der Waals surface area contributed by atoms with E-state index in [0.29, 0.717) is 6.61 Å². The van der Waals surface area contributed by atoms with Crippen LogP contribution in [0.5, 0.6) is 5.75 Å². The summed E-state index contributed by atoms with van der Waals surface area (Å²) in [4.78, 5) is 4.61. The van der Waals surface area contributed by atoms with Gasteiger partial charge < -0.3 is 14.8 Å². The molecule has 102 valence electrons. The fraction of sp³-hybridized carbons (Fsp3) is 0.308. The minimum Gasteiger partial charge on any atom is -0.495 e. The van der Waals surface area contributed by atoms with Gasteiger partial charge in [0.1, 0.15) is 5.75 Å². The molecule has 0 unspecified atom stereocenters. The van der Waals surface area contributed by atoms with Gasteiger partial charge in [-0.25, -0.2) is 4.98 Å². The summed E-state index contributed by atoms with van der Waals surface area (Å²) >= 11 is 7.05. The van der Waals surface area contributed by atoms with E-state index in [2.05, 4.69) is 42.2 Å². The Morgan fingerprint density at radius 2 is 1.95 bits per heavy atom. The molecule has 0 amide bonds. The number of aromatic nitrogens is 1. The fourth-order valence-corrected chi connectivity index (χ4v) is 3.40. The molecule has 6 heteroatoms. The Hall–Kier alpha value is -0.850. The number of anilines is 1. The van der Waals surface area contributed by atoms with Crippen LogP contribution in [-0.2, 0) is 11.3 Å². The Kier molecular flexibility index (Phi) is 4.65. The van der Waals surface area contributed by atoms with Crippen LogP contribution in [0.4, 0.5) is 5.69 Å². The van der Waals surface area contributed by atoms with Crippen molar-refractivity contribution in [1.82, 2.24) is 4.98 Å². The van der Waals surface area contributed by atoms with E-state index in [0.717, 1.165) is 37.0 Å². The molecule has 0 radical (unpaired) electrons. The third-order valence-corrected chi connectivity index (χ3v) is 3.96. The Balaban J connectivity index is 2.84. The molecule has 0 fully saturated rings. The van der Waals surface area contributed by atoms with E-state index in [9.17, 15) is 0 Å². The first-order chi connectivity index (χ1) is 9.12. The Bertz CT molecular complexity index is 617. The van der Waals surface area contributed by atoms with Gasteiger partial charge in [0.15, 0.2) is 0 Å². The molecule has 0 saturated carbocycles. The Morgan fingerprint density at radius 1 is 1.21 bits per heavy atom. The largest absolute Gasteiger partial charge is 0.495 e. The second kappa shape index (κ2) is 6.07. The van der Waals surface area contributed by atoms with Gasteiger partial charge in [-0.1, -0.05) is 0 Å². The molecule has 0 aliphatic heterocycles. The third-order valence-electron chi connectivity index (χ3n) is 2.76. The molecule has 1 aromatic carbocycles. The van der Waals surface area contributed by atoms with Crippen LogP contribution in [0.2, 0.25) is 0 Å². The fourth-order valence-electron chi connectivity index (χ4n) is 1.98. The van der Waals surface area contributed by atoms with Crippen LogP contribution >= 0.6 is 31.9 Å². The lowest BCUT2D eigenvalue weighted by Gasteiger charge is -2.14. The second-order valence-electron chi connectivity index (χ2n) is 3.94. The van der Waals surface area contributed by atoms with Gasteiger partial charge >= 0.3 is 0 Å². The van der Waals surface area contributed by atoms with Gasteiger partial charge in [0.25, 0.3) is 0 Å². The van der Waals surface area contributed by atoms with Crippen LogP contribution in [0.15, 0.2) is 21.1 Å². The maximum atomic E-state index is 5.48. The smallest absolute Gasteiger partial charge is 0.144 e. The van der Waals surface area contributed by atoms with Crippen molar-refractivity contribution >= 4 is 48.5 Å². The predicted octanol–water partition coefficient (Wildman–Crippen LogP) is 3.96.